The van der Waals surface area contributed by atoms with E-state index >= 15 is 0 Å². The van der Waals surface area contributed by atoms with Crippen LogP contribution in [0.4, 0.5) is 0 Å². The Bertz CT molecular complexity index is 1770. The van der Waals surface area contributed by atoms with Gasteiger partial charge in [0.1, 0.15) is 5.75 Å². The van der Waals surface area contributed by atoms with E-state index in [0.29, 0.717) is 28.7 Å². The number of carbonyl (C=O) groups excluding carboxylic acids is 4. The number of phenols is 1. The van der Waals surface area contributed by atoms with Crippen LogP contribution in [-0.4, -0.2) is 38.9 Å². The van der Waals surface area contributed by atoms with Crippen molar-refractivity contribution in [3.63, 3.8) is 0 Å². The summed E-state index contributed by atoms with van der Waals surface area (Å²) in [6, 6.07) is 25.6. The standard InChI is InChI=1S/C38H35NO5/c1-37(2,3)39-35(43)26-19-18-24-28(32(26)36(39)44)20-29-34(42)27(22-12-6-4-7-13-22)21-31(41)38(29,23-14-8-5-9-15-23)33(24)25-16-10-11-17-30(25)40/h4-18,21,26,28-29,32-33,40H,19-20H2,1-3H3/t26-,28+,29-,32-,33+,38-/m0/s1. The number of phenolic OH excluding ortho intramolecular Hbond substituents is 1. The topological polar surface area (TPSA) is 91.8 Å². The summed E-state index contributed by atoms with van der Waals surface area (Å²) in [5.41, 5.74) is 1.08. The lowest BCUT2D eigenvalue weighted by molar-refractivity contribution is -0.145. The average Bonchev–Trinajstić information content (AvgIpc) is 3.29. The zero-order chi connectivity index (χ0) is 31.0. The van der Waals surface area contributed by atoms with Crippen LogP contribution in [0.5, 0.6) is 5.75 Å². The Kier molecular flexibility index (Phi) is 6.40. The molecule has 0 spiro atoms. The first-order valence-corrected chi connectivity index (χ1v) is 15.3. The number of imide groups is 1. The van der Waals surface area contributed by atoms with Crippen molar-refractivity contribution in [3.05, 3.63) is 119 Å². The lowest BCUT2D eigenvalue weighted by Crippen LogP contribution is -2.59. The fourth-order valence-electron chi connectivity index (χ4n) is 8.61. The van der Waals surface area contributed by atoms with Gasteiger partial charge >= 0.3 is 0 Å². The highest BCUT2D eigenvalue weighted by molar-refractivity contribution is 6.31. The van der Waals surface area contributed by atoms with E-state index in [0.717, 1.165) is 5.57 Å². The third-order valence-corrected chi connectivity index (χ3v) is 10.3. The van der Waals surface area contributed by atoms with Gasteiger partial charge in [0.15, 0.2) is 11.6 Å². The largest absolute Gasteiger partial charge is 0.508 e. The molecule has 1 heterocycles. The second-order valence-electron chi connectivity index (χ2n) is 13.5. The quantitative estimate of drug-likeness (QED) is 0.300. The molecule has 222 valence electrons. The number of fused-ring (bicyclic) bond motifs is 4. The molecule has 6 atom stereocenters. The van der Waals surface area contributed by atoms with E-state index in [4.69, 9.17) is 0 Å². The van der Waals surface area contributed by atoms with Crippen molar-refractivity contribution >= 4 is 29.0 Å². The molecule has 1 aliphatic heterocycles. The van der Waals surface area contributed by atoms with Crippen LogP contribution >= 0.6 is 0 Å². The van der Waals surface area contributed by atoms with Gasteiger partial charge < -0.3 is 5.11 Å². The molecule has 0 aromatic heterocycles. The Labute approximate surface area is 257 Å². The second-order valence-corrected chi connectivity index (χ2v) is 13.5. The fraction of sp³-hybridized carbons (Fsp3) is 0.316. The summed E-state index contributed by atoms with van der Waals surface area (Å²) in [5, 5.41) is 11.3. The molecule has 4 aliphatic rings. The first-order chi connectivity index (χ1) is 21.1. The number of rotatable bonds is 3. The van der Waals surface area contributed by atoms with Crippen LogP contribution in [-0.2, 0) is 24.6 Å². The summed E-state index contributed by atoms with van der Waals surface area (Å²) in [7, 11) is 0. The minimum atomic E-state index is -1.35. The molecule has 1 saturated carbocycles. The molecule has 3 aromatic rings. The first kappa shape index (κ1) is 28.2. The number of allylic oxidation sites excluding steroid dienone is 4. The van der Waals surface area contributed by atoms with E-state index in [1.807, 2.05) is 99.6 Å². The van der Waals surface area contributed by atoms with E-state index in [9.17, 15) is 24.3 Å². The minimum absolute atomic E-state index is 0.0263. The number of aromatic hydroxyl groups is 1. The maximum atomic E-state index is 14.9. The molecule has 7 rings (SSSR count). The maximum absolute atomic E-state index is 14.9. The first-order valence-electron chi connectivity index (χ1n) is 15.3. The van der Waals surface area contributed by atoms with Crippen molar-refractivity contribution in [3.8, 4) is 5.75 Å². The summed E-state index contributed by atoms with van der Waals surface area (Å²) < 4.78 is 0. The smallest absolute Gasteiger partial charge is 0.234 e. The zero-order valence-electron chi connectivity index (χ0n) is 25.1. The van der Waals surface area contributed by atoms with Gasteiger partial charge in [-0.1, -0.05) is 90.5 Å². The van der Waals surface area contributed by atoms with E-state index < -0.39 is 40.5 Å². The highest BCUT2D eigenvalue weighted by atomic mass is 16.3. The van der Waals surface area contributed by atoms with Crippen molar-refractivity contribution < 1.29 is 24.3 Å². The van der Waals surface area contributed by atoms with Crippen LogP contribution in [0.25, 0.3) is 5.57 Å². The van der Waals surface area contributed by atoms with Crippen LogP contribution < -0.4 is 0 Å². The van der Waals surface area contributed by atoms with Crippen LogP contribution in [0.2, 0.25) is 0 Å². The Morgan fingerprint density at radius 3 is 2.09 bits per heavy atom. The Morgan fingerprint density at radius 2 is 1.43 bits per heavy atom. The number of para-hydroxylation sites is 1. The summed E-state index contributed by atoms with van der Waals surface area (Å²) in [5.74, 6) is -3.90. The number of likely N-dealkylation sites (tertiary alicyclic amines) is 1. The Balaban J connectivity index is 1.51. The van der Waals surface area contributed by atoms with E-state index in [1.165, 1.54) is 11.0 Å². The van der Waals surface area contributed by atoms with Crippen molar-refractivity contribution in [1.29, 1.82) is 0 Å². The van der Waals surface area contributed by atoms with Crippen molar-refractivity contribution in [2.75, 3.05) is 0 Å². The summed E-state index contributed by atoms with van der Waals surface area (Å²) >= 11 is 0. The molecule has 1 N–H and O–H groups in total. The summed E-state index contributed by atoms with van der Waals surface area (Å²) in [6.45, 7) is 5.59. The van der Waals surface area contributed by atoms with Crippen LogP contribution in [0, 0.1) is 23.7 Å². The normalized spacial score (nSPS) is 29.9. The third kappa shape index (κ3) is 3.86. The highest BCUT2D eigenvalue weighted by Gasteiger charge is 2.66. The van der Waals surface area contributed by atoms with Gasteiger partial charge in [-0.05, 0) is 62.8 Å². The van der Waals surface area contributed by atoms with E-state index in [1.54, 1.807) is 12.1 Å². The number of hydrogen-bond acceptors (Lipinski definition) is 5. The molecule has 0 radical (unpaired) electrons. The maximum Gasteiger partial charge on any atom is 0.234 e. The second kappa shape index (κ2) is 9.98. The summed E-state index contributed by atoms with van der Waals surface area (Å²) in [4.78, 5) is 59.0. The minimum Gasteiger partial charge on any atom is -0.508 e. The van der Waals surface area contributed by atoms with Crippen LogP contribution in [0.3, 0.4) is 0 Å². The van der Waals surface area contributed by atoms with E-state index in [-0.39, 0.29) is 35.6 Å². The molecule has 3 aliphatic carbocycles. The molecule has 2 fully saturated rings. The third-order valence-electron chi connectivity index (χ3n) is 10.3. The van der Waals surface area contributed by atoms with Gasteiger partial charge in [0, 0.05) is 28.5 Å². The fourth-order valence-corrected chi connectivity index (χ4v) is 8.61. The predicted octanol–water partition coefficient (Wildman–Crippen LogP) is 6.02. The molecule has 0 unspecified atom stereocenters. The number of ketones is 2. The Hall–Kier alpha value is -4.58. The zero-order valence-corrected chi connectivity index (χ0v) is 25.1. The van der Waals surface area contributed by atoms with E-state index in [2.05, 4.69) is 0 Å². The van der Waals surface area contributed by atoms with Gasteiger partial charge in [0.25, 0.3) is 0 Å². The van der Waals surface area contributed by atoms with Gasteiger partial charge in [-0.2, -0.15) is 0 Å². The number of benzene rings is 3. The molecule has 3 aromatic carbocycles. The van der Waals surface area contributed by atoms with Gasteiger partial charge in [0.05, 0.1) is 17.3 Å². The van der Waals surface area contributed by atoms with Gasteiger partial charge in [0.2, 0.25) is 11.8 Å². The molecule has 44 heavy (non-hydrogen) atoms. The summed E-state index contributed by atoms with van der Waals surface area (Å²) in [6.07, 6.45) is 4.12. The molecule has 6 heteroatoms. The number of carbonyl (C=O) groups is 4. The van der Waals surface area contributed by atoms with Gasteiger partial charge in [-0.3, -0.25) is 24.1 Å². The molecule has 6 nitrogen and oxygen atoms in total. The lowest BCUT2D eigenvalue weighted by Gasteiger charge is -2.55. The Morgan fingerprint density at radius 1 is 0.795 bits per heavy atom. The van der Waals surface area contributed by atoms with Gasteiger partial charge in [-0.15, -0.1) is 0 Å². The number of hydrogen-bond donors (Lipinski definition) is 1. The lowest BCUT2D eigenvalue weighted by atomic mass is 9.44. The van der Waals surface area contributed by atoms with Crippen LogP contribution in [0.15, 0.2) is 103 Å². The van der Waals surface area contributed by atoms with Crippen molar-refractivity contribution in [2.45, 2.75) is 50.5 Å². The molecule has 1 saturated heterocycles. The van der Waals surface area contributed by atoms with Gasteiger partial charge in [-0.25, -0.2) is 0 Å². The van der Waals surface area contributed by atoms with Crippen molar-refractivity contribution in [2.24, 2.45) is 23.7 Å². The average molecular weight is 586 g/mol. The number of amides is 2. The highest BCUT2D eigenvalue weighted by Crippen LogP contribution is 2.64. The van der Waals surface area contributed by atoms with Crippen molar-refractivity contribution in [1.82, 2.24) is 4.90 Å². The molecular weight excluding hydrogens is 550 g/mol. The monoisotopic (exact) mass is 585 g/mol. The number of Topliss-reactive ketones (excluding diaryl/α,β-unsaturated/α-hetero) is 1. The number of nitrogens with zero attached hydrogens (tertiary/aromatic N) is 1. The molecule has 2 amide bonds. The SMILES string of the molecule is CC(C)(C)N1C(=O)[C@H]2[C@H](CC=C3[C@H]2C[C@H]2C(=O)C(c4ccccc4)=CC(=O)[C@@]2(c2ccccc2)[C@H]3c2ccccc2O)C1=O. The predicted molar refractivity (Wildman–Crippen MR) is 166 cm³/mol. The van der Waals surface area contributed by atoms with Crippen LogP contribution in [0.1, 0.15) is 56.2 Å². The molecular formula is C38H35NO5. The molecule has 0 bridgehead atoms.